The monoisotopic (exact) mass is 781 g/mol. The minimum Gasteiger partial charge on any atom is -0.489 e. The fourth-order valence-electron chi connectivity index (χ4n) is 6.23. The number of imide groups is 1. The number of H-pyrrole nitrogens is 1. The molecule has 0 spiro atoms. The maximum atomic E-state index is 13.6. The van der Waals surface area contributed by atoms with Gasteiger partial charge in [-0.3, -0.25) is 23.6 Å². The van der Waals surface area contributed by atoms with Crippen LogP contribution in [0.2, 0.25) is 10.0 Å². The molecule has 2 amide bonds. The van der Waals surface area contributed by atoms with Crippen LogP contribution in [0.25, 0.3) is 0 Å². The number of anilines is 1. The Hall–Kier alpha value is -4.05. The number of ether oxygens (including phenoxy) is 3. The molecule has 2 fully saturated rings. The van der Waals surface area contributed by atoms with Gasteiger partial charge in [-0.25, -0.2) is 13.4 Å². The molecule has 3 aromatic rings. The van der Waals surface area contributed by atoms with Crippen molar-refractivity contribution in [2.24, 2.45) is 5.92 Å². The second-order valence-electron chi connectivity index (χ2n) is 13.0. The molecule has 52 heavy (non-hydrogen) atoms. The number of hydrogen-bond acceptors (Lipinski definition) is 9. The second kappa shape index (κ2) is 15.9. The van der Waals surface area contributed by atoms with E-state index in [2.05, 4.69) is 14.6 Å². The lowest BCUT2D eigenvalue weighted by atomic mass is 10.0. The highest BCUT2D eigenvalue weighted by atomic mass is 35.5. The third-order valence-electron chi connectivity index (χ3n) is 9.13. The average molecular weight is 783 g/mol. The summed E-state index contributed by atoms with van der Waals surface area (Å²) in [6.07, 6.45) is 6.81. The van der Waals surface area contributed by atoms with Gasteiger partial charge in [-0.05, 0) is 80.6 Å². The first-order valence-corrected chi connectivity index (χ1v) is 19.3. The molecule has 278 valence electrons. The molecule has 0 radical (unpaired) electrons. The third kappa shape index (κ3) is 8.93. The largest absolute Gasteiger partial charge is 0.489 e. The molecule has 12 nitrogen and oxygen atoms in total. The van der Waals surface area contributed by atoms with E-state index >= 15 is 0 Å². The molecule has 1 aliphatic carbocycles. The molecular formula is C35H37Cl2F2N4O8S+. The van der Waals surface area contributed by atoms with Crippen molar-refractivity contribution < 1.29 is 50.8 Å². The van der Waals surface area contributed by atoms with Crippen LogP contribution in [0.1, 0.15) is 63.6 Å². The number of rotatable bonds is 16. The van der Waals surface area contributed by atoms with Gasteiger partial charge in [-0.15, -0.1) is 0 Å². The van der Waals surface area contributed by atoms with Gasteiger partial charge in [0.25, 0.3) is 11.8 Å². The van der Waals surface area contributed by atoms with Crippen molar-refractivity contribution in [2.45, 2.75) is 44.8 Å². The lowest BCUT2D eigenvalue weighted by Crippen LogP contribution is -2.37. The van der Waals surface area contributed by atoms with Gasteiger partial charge >= 0.3 is 12.6 Å². The normalized spacial score (nSPS) is 16.7. The summed E-state index contributed by atoms with van der Waals surface area (Å²) in [5.74, 6) is -2.41. The SMILES string of the molecule is CS(=O)(=O)N(CCN1CCCC1)c1ccc2c(c1)C(=O)N(CC(=O)O[C@@H](Cc1c(Cl)c[nH+]cc1Cl)c1ccc(OC(F)F)c(OCC3CC3)c1)C2=O. The van der Waals surface area contributed by atoms with Crippen LogP contribution in [-0.4, -0.2) is 88.2 Å². The summed E-state index contributed by atoms with van der Waals surface area (Å²) >= 11 is 12.8. The number of pyridine rings is 1. The number of hydrogen-bond donors (Lipinski definition) is 0. The smallest absolute Gasteiger partial charge is 0.387 e. The van der Waals surface area contributed by atoms with Gasteiger partial charge in [0, 0.05) is 25.1 Å². The Kier molecular flexibility index (Phi) is 11.5. The Bertz CT molecular complexity index is 1940. The summed E-state index contributed by atoms with van der Waals surface area (Å²) in [6, 6.07) is 8.31. The molecule has 3 heterocycles. The van der Waals surface area contributed by atoms with Crippen molar-refractivity contribution in [2.75, 3.05) is 49.9 Å². The first-order chi connectivity index (χ1) is 24.8. The van der Waals surface area contributed by atoms with Crippen molar-refractivity contribution in [3.05, 3.63) is 81.1 Å². The van der Waals surface area contributed by atoms with Gasteiger partial charge in [0.15, 0.2) is 23.9 Å². The number of sulfonamides is 1. The van der Waals surface area contributed by atoms with E-state index in [9.17, 15) is 31.6 Å². The Morgan fingerprint density at radius 2 is 1.69 bits per heavy atom. The van der Waals surface area contributed by atoms with Crippen molar-refractivity contribution in [1.29, 1.82) is 0 Å². The number of amides is 2. The average Bonchev–Trinajstić information content (AvgIpc) is 3.72. The van der Waals surface area contributed by atoms with Crippen molar-refractivity contribution >= 4 is 56.7 Å². The number of alkyl halides is 2. The number of fused-ring (bicyclic) bond motifs is 1. The summed E-state index contributed by atoms with van der Waals surface area (Å²) < 4.78 is 69.5. The highest BCUT2D eigenvalue weighted by Gasteiger charge is 2.39. The summed E-state index contributed by atoms with van der Waals surface area (Å²) in [6.45, 7) is -1.19. The van der Waals surface area contributed by atoms with Crippen LogP contribution in [0.4, 0.5) is 14.5 Å². The van der Waals surface area contributed by atoms with Crippen LogP contribution in [0.3, 0.4) is 0 Å². The third-order valence-corrected chi connectivity index (χ3v) is 11.0. The van der Waals surface area contributed by atoms with Gasteiger partial charge in [-0.1, -0.05) is 29.3 Å². The number of benzene rings is 2. The number of esters is 1. The molecule has 6 rings (SSSR count). The lowest BCUT2D eigenvalue weighted by molar-refractivity contribution is -0.377. The van der Waals surface area contributed by atoms with Gasteiger partial charge in [-0.2, -0.15) is 8.78 Å². The Balaban J connectivity index is 1.23. The summed E-state index contributed by atoms with van der Waals surface area (Å²) in [5, 5.41) is 0.465. The number of aromatic amines is 1. The lowest BCUT2D eigenvalue weighted by Gasteiger charge is -2.25. The molecule has 0 unspecified atom stereocenters. The molecule has 2 aliphatic heterocycles. The molecule has 3 aliphatic rings. The van der Waals surface area contributed by atoms with Gasteiger partial charge in [0.2, 0.25) is 10.0 Å². The van der Waals surface area contributed by atoms with Crippen LogP contribution in [0, 0.1) is 5.92 Å². The number of carbonyl (C=O) groups is 3. The molecule has 1 saturated carbocycles. The van der Waals surface area contributed by atoms with E-state index in [0.717, 1.165) is 49.9 Å². The highest BCUT2D eigenvalue weighted by molar-refractivity contribution is 7.92. The maximum absolute atomic E-state index is 13.6. The zero-order valence-electron chi connectivity index (χ0n) is 28.2. The fraction of sp³-hybridized carbons (Fsp3) is 0.429. The first kappa shape index (κ1) is 37.7. The van der Waals surface area contributed by atoms with E-state index in [-0.39, 0.29) is 63.8 Å². The Morgan fingerprint density at radius 3 is 2.35 bits per heavy atom. The topological polar surface area (TPSA) is 137 Å². The fourth-order valence-corrected chi connectivity index (χ4v) is 7.68. The molecule has 1 atom stereocenters. The molecule has 1 N–H and O–H groups in total. The quantitative estimate of drug-likeness (QED) is 0.142. The molecule has 2 aromatic carbocycles. The molecule has 0 bridgehead atoms. The van der Waals surface area contributed by atoms with E-state index in [0.29, 0.717) is 17.7 Å². The first-order valence-electron chi connectivity index (χ1n) is 16.7. The maximum Gasteiger partial charge on any atom is 0.387 e. The molecular weight excluding hydrogens is 745 g/mol. The van der Waals surface area contributed by atoms with E-state index in [4.69, 9.17) is 32.7 Å². The van der Waals surface area contributed by atoms with Crippen molar-refractivity contribution in [3.8, 4) is 11.5 Å². The molecule has 1 aromatic heterocycles. The Morgan fingerprint density at radius 1 is 1.00 bits per heavy atom. The predicted molar refractivity (Wildman–Crippen MR) is 187 cm³/mol. The van der Waals surface area contributed by atoms with Crippen LogP contribution in [-0.2, 0) is 26.0 Å². The van der Waals surface area contributed by atoms with Crippen LogP contribution < -0.4 is 18.8 Å². The van der Waals surface area contributed by atoms with E-state index in [1.807, 2.05) is 0 Å². The predicted octanol–water partition coefficient (Wildman–Crippen LogP) is 5.18. The van der Waals surface area contributed by atoms with E-state index in [1.165, 1.54) is 53.1 Å². The summed E-state index contributed by atoms with van der Waals surface area (Å²) in [5.41, 5.74) is 0.910. The molecule has 1 saturated heterocycles. The van der Waals surface area contributed by atoms with E-state index in [1.54, 1.807) is 0 Å². The number of halogens is 4. The number of carbonyl (C=O) groups excluding carboxylic acids is 3. The van der Waals surface area contributed by atoms with E-state index < -0.39 is 47.1 Å². The number of aromatic nitrogens is 1. The van der Waals surface area contributed by atoms with Crippen molar-refractivity contribution in [3.63, 3.8) is 0 Å². The van der Waals surface area contributed by atoms with Gasteiger partial charge in [0.1, 0.15) is 22.7 Å². The van der Waals surface area contributed by atoms with Gasteiger partial charge < -0.3 is 19.1 Å². The van der Waals surface area contributed by atoms with Crippen LogP contribution in [0.5, 0.6) is 11.5 Å². The summed E-state index contributed by atoms with van der Waals surface area (Å²) in [4.78, 5) is 46.2. The number of nitrogens with zero attached hydrogens (tertiary/aromatic N) is 3. The summed E-state index contributed by atoms with van der Waals surface area (Å²) in [7, 11) is -3.73. The molecule has 17 heteroatoms. The number of nitrogens with one attached hydrogen (secondary N) is 1. The second-order valence-corrected chi connectivity index (χ2v) is 15.7. The van der Waals surface area contributed by atoms with Crippen LogP contribution in [0.15, 0.2) is 48.8 Å². The minimum atomic E-state index is -3.73. The zero-order chi connectivity index (χ0) is 37.2. The number of likely N-dealkylation sites (tertiary alicyclic amines) is 1. The minimum absolute atomic E-state index is 0.0114. The van der Waals surface area contributed by atoms with Crippen molar-refractivity contribution in [1.82, 2.24) is 9.80 Å². The standard InChI is InChI=1S/C35H36Cl2F2N4O8S/c1-52(47,48)43(13-12-41-10-2-3-11-41)23-7-8-24-25(15-23)34(46)42(33(24)45)19-32(44)50-30(16-26-27(36)17-40-18-28(26)37)22-6-9-29(51-35(38)39)31(14-22)49-20-21-4-5-21/h6-9,14-15,17-18,21,30,35H,2-5,10-13,16,19-20H2,1H3/p+1/t30-/m0/s1. The van der Waals surface area contributed by atoms with Gasteiger partial charge in [0.05, 0.1) is 29.7 Å². The van der Waals surface area contributed by atoms with Crippen LogP contribution >= 0.6 is 23.2 Å². The zero-order valence-corrected chi connectivity index (χ0v) is 30.5. The Labute approximate surface area is 309 Å². The highest BCUT2D eigenvalue weighted by Crippen LogP contribution is 2.38.